The van der Waals surface area contributed by atoms with Crippen LogP contribution in [-0.2, 0) is 0 Å². The molecule has 17 heavy (non-hydrogen) atoms. The number of pyridine rings is 1. The van der Waals surface area contributed by atoms with Gasteiger partial charge in [-0.3, -0.25) is 9.78 Å². The standard InChI is InChI=1S/C12H16N2O2S/c1-2-9-8-14(5-6-17-9)12(16)10-3-4-13-7-11(10)15/h3-4,7,9,15H,2,5-6,8H2,1H3. The molecule has 0 aliphatic carbocycles. The second-order valence-corrected chi connectivity index (χ2v) is 5.45. The topological polar surface area (TPSA) is 53.4 Å². The molecular formula is C12H16N2O2S. The van der Waals surface area contributed by atoms with Gasteiger partial charge in [-0.15, -0.1) is 0 Å². The van der Waals surface area contributed by atoms with Crippen LogP contribution in [-0.4, -0.2) is 45.0 Å². The predicted octanol–water partition coefficient (Wildman–Crippen LogP) is 1.75. The SMILES string of the molecule is CCC1CN(C(=O)c2ccncc2O)CCS1. The highest BCUT2D eigenvalue weighted by molar-refractivity contribution is 8.00. The molecule has 92 valence electrons. The molecule has 5 heteroatoms. The van der Waals surface area contributed by atoms with E-state index in [0.29, 0.717) is 10.8 Å². The minimum Gasteiger partial charge on any atom is -0.505 e. The number of thioether (sulfide) groups is 1. The molecule has 1 N–H and O–H groups in total. The summed E-state index contributed by atoms with van der Waals surface area (Å²) in [5.74, 6) is 0.836. The van der Waals surface area contributed by atoms with Crippen molar-refractivity contribution in [2.24, 2.45) is 0 Å². The van der Waals surface area contributed by atoms with Gasteiger partial charge in [0.25, 0.3) is 5.91 Å². The average Bonchev–Trinajstić information content (AvgIpc) is 2.38. The summed E-state index contributed by atoms with van der Waals surface area (Å²) in [6.45, 7) is 3.65. The Balaban J connectivity index is 2.12. The maximum absolute atomic E-state index is 12.2. The number of carbonyl (C=O) groups excluding carboxylic acids is 1. The van der Waals surface area contributed by atoms with E-state index in [2.05, 4.69) is 11.9 Å². The van der Waals surface area contributed by atoms with Crippen molar-refractivity contribution < 1.29 is 9.90 Å². The normalized spacial score (nSPS) is 20.3. The average molecular weight is 252 g/mol. The van der Waals surface area contributed by atoms with Gasteiger partial charge in [0, 0.05) is 30.3 Å². The van der Waals surface area contributed by atoms with Gasteiger partial charge in [0.15, 0.2) is 0 Å². The van der Waals surface area contributed by atoms with Crippen molar-refractivity contribution in [3.05, 3.63) is 24.0 Å². The zero-order valence-corrected chi connectivity index (χ0v) is 10.6. The van der Waals surface area contributed by atoms with Crippen LogP contribution < -0.4 is 0 Å². The molecule has 1 fully saturated rings. The molecule has 0 bridgehead atoms. The minimum atomic E-state index is -0.0938. The monoisotopic (exact) mass is 252 g/mol. The fourth-order valence-corrected chi connectivity index (χ4v) is 3.07. The van der Waals surface area contributed by atoms with E-state index in [4.69, 9.17) is 0 Å². The molecule has 1 atom stereocenters. The Morgan fingerprint density at radius 1 is 1.71 bits per heavy atom. The summed E-state index contributed by atoms with van der Waals surface area (Å²) in [7, 11) is 0. The first-order valence-corrected chi connectivity index (χ1v) is 6.81. The zero-order chi connectivity index (χ0) is 12.3. The first-order valence-electron chi connectivity index (χ1n) is 5.76. The van der Waals surface area contributed by atoms with E-state index in [9.17, 15) is 9.90 Å². The molecule has 1 aliphatic heterocycles. The molecule has 0 aromatic carbocycles. The van der Waals surface area contributed by atoms with Crippen molar-refractivity contribution in [1.29, 1.82) is 0 Å². The summed E-state index contributed by atoms with van der Waals surface area (Å²) < 4.78 is 0. The second kappa shape index (κ2) is 5.40. The summed E-state index contributed by atoms with van der Waals surface area (Å²) in [5.41, 5.74) is 0.349. The third-order valence-corrected chi connectivity index (χ3v) is 4.28. The number of hydrogen-bond acceptors (Lipinski definition) is 4. The molecule has 1 amide bonds. The number of nitrogens with zero attached hydrogens (tertiary/aromatic N) is 2. The van der Waals surface area contributed by atoms with Crippen LogP contribution in [0.5, 0.6) is 5.75 Å². The molecule has 1 aromatic rings. The highest BCUT2D eigenvalue weighted by Crippen LogP contribution is 2.24. The lowest BCUT2D eigenvalue weighted by molar-refractivity contribution is 0.0757. The van der Waals surface area contributed by atoms with Crippen molar-refractivity contribution >= 4 is 17.7 Å². The molecule has 0 radical (unpaired) electrons. The number of amides is 1. The largest absolute Gasteiger partial charge is 0.505 e. The van der Waals surface area contributed by atoms with Crippen LogP contribution in [0.1, 0.15) is 23.7 Å². The lowest BCUT2D eigenvalue weighted by Crippen LogP contribution is -2.41. The van der Waals surface area contributed by atoms with Crippen molar-refractivity contribution in [1.82, 2.24) is 9.88 Å². The third kappa shape index (κ3) is 2.72. The van der Waals surface area contributed by atoms with Crippen LogP contribution in [0.25, 0.3) is 0 Å². The van der Waals surface area contributed by atoms with Gasteiger partial charge in [-0.2, -0.15) is 11.8 Å². The predicted molar refractivity (Wildman–Crippen MR) is 68.3 cm³/mol. The van der Waals surface area contributed by atoms with Gasteiger partial charge in [0.05, 0.1) is 11.8 Å². The molecule has 1 unspecified atom stereocenters. The van der Waals surface area contributed by atoms with E-state index in [1.165, 1.54) is 12.4 Å². The number of aromatic hydroxyl groups is 1. The molecule has 4 nitrogen and oxygen atoms in total. The van der Waals surface area contributed by atoms with Crippen LogP contribution in [0, 0.1) is 0 Å². The van der Waals surface area contributed by atoms with Gasteiger partial charge < -0.3 is 10.0 Å². The van der Waals surface area contributed by atoms with Gasteiger partial charge in [0.1, 0.15) is 5.75 Å². The lowest BCUT2D eigenvalue weighted by Gasteiger charge is -2.32. The smallest absolute Gasteiger partial charge is 0.257 e. The van der Waals surface area contributed by atoms with Crippen molar-refractivity contribution in [3.8, 4) is 5.75 Å². The molecule has 0 saturated carbocycles. The van der Waals surface area contributed by atoms with E-state index in [1.807, 2.05) is 16.7 Å². The Morgan fingerprint density at radius 2 is 2.53 bits per heavy atom. The Morgan fingerprint density at radius 3 is 3.24 bits per heavy atom. The quantitative estimate of drug-likeness (QED) is 0.871. The van der Waals surface area contributed by atoms with E-state index in [-0.39, 0.29) is 11.7 Å². The van der Waals surface area contributed by atoms with Gasteiger partial charge in [-0.25, -0.2) is 0 Å². The Bertz CT molecular complexity index is 411. The molecule has 1 aromatic heterocycles. The van der Waals surface area contributed by atoms with Gasteiger partial charge in [0.2, 0.25) is 0 Å². The van der Waals surface area contributed by atoms with Gasteiger partial charge >= 0.3 is 0 Å². The highest BCUT2D eigenvalue weighted by atomic mass is 32.2. The number of hydrogen-bond donors (Lipinski definition) is 1. The fraction of sp³-hybridized carbons (Fsp3) is 0.500. The van der Waals surface area contributed by atoms with Gasteiger partial charge in [-0.05, 0) is 12.5 Å². The van der Waals surface area contributed by atoms with Crippen LogP contribution in [0.15, 0.2) is 18.5 Å². The number of carbonyl (C=O) groups is 1. The highest BCUT2D eigenvalue weighted by Gasteiger charge is 2.25. The van der Waals surface area contributed by atoms with Crippen LogP contribution in [0.3, 0.4) is 0 Å². The van der Waals surface area contributed by atoms with Crippen molar-refractivity contribution in [2.45, 2.75) is 18.6 Å². The van der Waals surface area contributed by atoms with E-state index >= 15 is 0 Å². The Labute approximate surface area is 105 Å². The van der Waals surface area contributed by atoms with Crippen LogP contribution in [0.4, 0.5) is 0 Å². The van der Waals surface area contributed by atoms with Gasteiger partial charge in [-0.1, -0.05) is 6.92 Å². The number of aromatic nitrogens is 1. The first-order chi connectivity index (χ1) is 8.22. The van der Waals surface area contributed by atoms with E-state index in [1.54, 1.807) is 6.07 Å². The van der Waals surface area contributed by atoms with E-state index in [0.717, 1.165) is 25.3 Å². The molecule has 2 heterocycles. The van der Waals surface area contributed by atoms with E-state index < -0.39 is 0 Å². The first kappa shape index (κ1) is 12.2. The molecule has 1 saturated heterocycles. The molecule has 1 aliphatic rings. The lowest BCUT2D eigenvalue weighted by atomic mass is 10.2. The zero-order valence-electron chi connectivity index (χ0n) is 9.80. The Hall–Kier alpha value is -1.23. The Kier molecular flexibility index (Phi) is 3.89. The van der Waals surface area contributed by atoms with Crippen LogP contribution in [0.2, 0.25) is 0 Å². The third-order valence-electron chi connectivity index (χ3n) is 2.91. The minimum absolute atomic E-state index is 0.0382. The summed E-state index contributed by atoms with van der Waals surface area (Å²) in [6, 6.07) is 1.57. The molecule has 0 spiro atoms. The maximum Gasteiger partial charge on any atom is 0.257 e. The number of rotatable bonds is 2. The maximum atomic E-state index is 12.2. The summed E-state index contributed by atoms with van der Waals surface area (Å²) >= 11 is 1.92. The van der Waals surface area contributed by atoms with Crippen molar-refractivity contribution in [2.75, 3.05) is 18.8 Å². The fourth-order valence-electron chi connectivity index (χ4n) is 1.89. The van der Waals surface area contributed by atoms with Crippen LogP contribution >= 0.6 is 11.8 Å². The summed E-state index contributed by atoms with van der Waals surface area (Å²) in [4.78, 5) is 17.8. The molecular weight excluding hydrogens is 236 g/mol. The molecule has 2 rings (SSSR count). The summed E-state index contributed by atoms with van der Waals surface area (Å²) in [6.07, 6.45) is 3.91. The summed E-state index contributed by atoms with van der Waals surface area (Å²) in [5, 5.41) is 10.1. The van der Waals surface area contributed by atoms with Crippen molar-refractivity contribution in [3.63, 3.8) is 0 Å². The second-order valence-electron chi connectivity index (χ2n) is 4.05.